The molecule has 1 saturated heterocycles. The van der Waals surface area contributed by atoms with Crippen LogP contribution in [-0.4, -0.2) is 41.4 Å². The maximum atomic E-state index is 12.9. The van der Waals surface area contributed by atoms with Gasteiger partial charge in [0.2, 0.25) is 0 Å². The zero-order valence-corrected chi connectivity index (χ0v) is 13.8. The fraction of sp³-hybridized carbons (Fsp3) is 0.278. The van der Waals surface area contributed by atoms with Crippen LogP contribution in [0, 0.1) is 10.1 Å². The third-order valence-corrected chi connectivity index (χ3v) is 4.03. The number of carbonyl (C=O) groups is 1. The van der Waals surface area contributed by atoms with E-state index >= 15 is 0 Å². The van der Waals surface area contributed by atoms with Gasteiger partial charge in [0.1, 0.15) is 11.5 Å². The summed E-state index contributed by atoms with van der Waals surface area (Å²) in [5.41, 5.74) is 0.0686. The molecule has 25 heavy (non-hydrogen) atoms. The average molecular weight is 341 g/mol. The van der Waals surface area contributed by atoms with Gasteiger partial charge < -0.3 is 15.0 Å². The van der Waals surface area contributed by atoms with Crippen LogP contribution in [0.3, 0.4) is 0 Å². The van der Waals surface area contributed by atoms with Crippen molar-refractivity contribution in [1.82, 2.24) is 10.2 Å². The summed E-state index contributed by atoms with van der Waals surface area (Å²) < 4.78 is 5.80. The van der Waals surface area contributed by atoms with Crippen molar-refractivity contribution < 1.29 is 14.5 Å². The predicted molar refractivity (Wildman–Crippen MR) is 93.0 cm³/mol. The summed E-state index contributed by atoms with van der Waals surface area (Å²) in [5, 5.41) is 14.4. The number of para-hydroxylation sites is 1. The van der Waals surface area contributed by atoms with E-state index in [-0.39, 0.29) is 23.2 Å². The van der Waals surface area contributed by atoms with Crippen LogP contribution in [0.4, 0.5) is 5.69 Å². The van der Waals surface area contributed by atoms with Gasteiger partial charge in [0.15, 0.2) is 0 Å². The minimum atomic E-state index is -0.510. The smallest absolute Gasteiger partial charge is 0.270 e. The monoisotopic (exact) mass is 341 g/mol. The molecular formula is C18H19N3O4. The first-order valence-corrected chi connectivity index (χ1v) is 8.08. The van der Waals surface area contributed by atoms with Gasteiger partial charge in [-0.2, -0.15) is 0 Å². The van der Waals surface area contributed by atoms with Crippen molar-refractivity contribution in [3.63, 3.8) is 0 Å². The molecule has 2 aromatic rings. The van der Waals surface area contributed by atoms with E-state index in [1.165, 1.54) is 18.2 Å². The van der Waals surface area contributed by atoms with Gasteiger partial charge in [0, 0.05) is 37.8 Å². The van der Waals surface area contributed by atoms with Crippen molar-refractivity contribution in [2.75, 3.05) is 19.6 Å². The molecule has 1 aliphatic heterocycles. The normalized spacial score (nSPS) is 17.2. The highest BCUT2D eigenvalue weighted by Gasteiger charge is 2.26. The number of rotatable bonds is 4. The van der Waals surface area contributed by atoms with Crippen molar-refractivity contribution >= 4 is 11.6 Å². The number of amides is 1. The molecule has 0 spiro atoms. The van der Waals surface area contributed by atoms with E-state index in [2.05, 4.69) is 5.32 Å². The maximum Gasteiger partial charge on any atom is 0.270 e. The van der Waals surface area contributed by atoms with Gasteiger partial charge in [-0.05, 0) is 25.1 Å². The van der Waals surface area contributed by atoms with Gasteiger partial charge in [0.25, 0.3) is 11.6 Å². The van der Waals surface area contributed by atoms with Crippen LogP contribution >= 0.6 is 0 Å². The van der Waals surface area contributed by atoms with Gasteiger partial charge in [-0.25, -0.2) is 0 Å². The number of ether oxygens (including phenoxy) is 1. The lowest BCUT2D eigenvalue weighted by Gasteiger charge is -2.32. The maximum absolute atomic E-state index is 12.9. The molecule has 1 atom stereocenters. The van der Waals surface area contributed by atoms with Gasteiger partial charge in [-0.3, -0.25) is 14.9 Å². The number of hydrogen-bond donors (Lipinski definition) is 1. The molecule has 7 heteroatoms. The summed E-state index contributed by atoms with van der Waals surface area (Å²) in [6.45, 7) is 3.79. The van der Waals surface area contributed by atoms with E-state index in [1.807, 2.05) is 25.1 Å². The van der Waals surface area contributed by atoms with Crippen molar-refractivity contribution in [3.05, 3.63) is 64.2 Å². The fourth-order valence-corrected chi connectivity index (χ4v) is 2.79. The Kier molecular flexibility index (Phi) is 4.95. The topological polar surface area (TPSA) is 84.7 Å². The third kappa shape index (κ3) is 3.95. The first kappa shape index (κ1) is 16.9. The molecule has 0 radical (unpaired) electrons. The number of benzene rings is 2. The van der Waals surface area contributed by atoms with E-state index in [0.717, 1.165) is 0 Å². The lowest BCUT2D eigenvalue weighted by atomic mass is 10.1. The molecule has 1 amide bonds. The van der Waals surface area contributed by atoms with Crippen molar-refractivity contribution in [3.8, 4) is 11.5 Å². The molecule has 0 aromatic heterocycles. The number of nitrogens with zero attached hydrogens (tertiary/aromatic N) is 2. The number of nitro benzene ring substituents is 1. The number of hydrogen-bond acceptors (Lipinski definition) is 5. The van der Waals surface area contributed by atoms with Crippen LogP contribution in [0.15, 0.2) is 48.5 Å². The summed E-state index contributed by atoms with van der Waals surface area (Å²) in [7, 11) is 0. The first-order chi connectivity index (χ1) is 12.0. The number of nitrogens with one attached hydrogen (secondary N) is 1. The summed E-state index contributed by atoms with van der Waals surface area (Å²) >= 11 is 0. The van der Waals surface area contributed by atoms with Crippen LogP contribution in [0.25, 0.3) is 0 Å². The molecule has 3 rings (SSSR count). The molecule has 130 valence electrons. The highest BCUT2D eigenvalue weighted by Crippen LogP contribution is 2.30. The van der Waals surface area contributed by atoms with E-state index in [0.29, 0.717) is 31.1 Å². The van der Waals surface area contributed by atoms with Crippen LogP contribution in [0.1, 0.15) is 17.3 Å². The Morgan fingerprint density at radius 3 is 2.72 bits per heavy atom. The molecule has 1 N–H and O–H groups in total. The second-order valence-electron chi connectivity index (χ2n) is 5.96. The Morgan fingerprint density at radius 1 is 1.28 bits per heavy atom. The quantitative estimate of drug-likeness (QED) is 0.683. The Bertz CT molecular complexity index is 779. The summed E-state index contributed by atoms with van der Waals surface area (Å²) in [6, 6.07) is 13.3. The second kappa shape index (κ2) is 7.31. The molecule has 0 saturated carbocycles. The van der Waals surface area contributed by atoms with Crippen LogP contribution in [0.5, 0.6) is 11.5 Å². The number of non-ortho nitro benzene ring substituents is 1. The molecule has 0 bridgehead atoms. The lowest BCUT2D eigenvalue weighted by Crippen LogP contribution is -2.51. The second-order valence-corrected chi connectivity index (χ2v) is 5.96. The average Bonchev–Trinajstić information content (AvgIpc) is 2.62. The Hall–Kier alpha value is -2.93. The molecule has 1 fully saturated rings. The Labute approximate surface area is 145 Å². The van der Waals surface area contributed by atoms with Crippen LogP contribution < -0.4 is 10.1 Å². The highest BCUT2D eigenvalue weighted by molar-refractivity contribution is 5.97. The van der Waals surface area contributed by atoms with E-state index in [1.54, 1.807) is 17.0 Å². The van der Waals surface area contributed by atoms with Gasteiger partial charge in [0.05, 0.1) is 10.5 Å². The first-order valence-electron chi connectivity index (χ1n) is 8.08. The van der Waals surface area contributed by atoms with E-state index in [9.17, 15) is 14.9 Å². The van der Waals surface area contributed by atoms with Crippen molar-refractivity contribution in [1.29, 1.82) is 0 Å². The summed E-state index contributed by atoms with van der Waals surface area (Å²) in [4.78, 5) is 25.2. The fourth-order valence-electron chi connectivity index (χ4n) is 2.79. The molecule has 2 aromatic carbocycles. The van der Waals surface area contributed by atoms with Gasteiger partial charge in [-0.15, -0.1) is 0 Å². The number of carbonyl (C=O) groups excluding carboxylic acids is 1. The highest BCUT2D eigenvalue weighted by atomic mass is 16.6. The Balaban J connectivity index is 1.94. The van der Waals surface area contributed by atoms with Crippen molar-refractivity contribution in [2.24, 2.45) is 0 Å². The molecule has 1 heterocycles. The lowest BCUT2D eigenvalue weighted by molar-refractivity contribution is -0.384. The molecule has 7 nitrogen and oxygen atoms in total. The number of piperazine rings is 1. The number of nitro groups is 1. The largest absolute Gasteiger partial charge is 0.457 e. The third-order valence-electron chi connectivity index (χ3n) is 4.03. The van der Waals surface area contributed by atoms with E-state index in [4.69, 9.17) is 4.74 Å². The minimum Gasteiger partial charge on any atom is -0.457 e. The van der Waals surface area contributed by atoms with Gasteiger partial charge >= 0.3 is 0 Å². The molecule has 0 aliphatic carbocycles. The predicted octanol–water partition coefficient (Wildman–Crippen LogP) is 2.82. The zero-order chi connectivity index (χ0) is 17.8. The van der Waals surface area contributed by atoms with Crippen LogP contribution in [0.2, 0.25) is 0 Å². The molecule has 1 unspecified atom stereocenters. The zero-order valence-electron chi connectivity index (χ0n) is 13.8. The molecular weight excluding hydrogens is 322 g/mol. The van der Waals surface area contributed by atoms with Gasteiger partial charge in [-0.1, -0.05) is 18.2 Å². The van der Waals surface area contributed by atoms with Crippen molar-refractivity contribution in [2.45, 2.75) is 13.0 Å². The summed E-state index contributed by atoms with van der Waals surface area (Å²) in [6.07, 6.45) is 0. The van der Waals surface area contributed by atoms with Crippen LogP contribution in [-0.2, 0) is 0 Å². The SMILES string of the molecule is CC1CN(C(=O)c2cc([N+](=O)[O-])ccc2Oc2ccccc2)CCN1. The van der Waals surface area contributed by atoms with E-state index < -0.39 is 4.92 Å². The molecule has 1 aliphatic rings. The summed E-state index contributed by atoms with van der Waals surface area (Å²) in [5.74, 6) is 0.620. The Morgan fingerprint density at radius 2 is 2.04 bits per heavy atom. The minimum absolute atomic E-state index is 0.132. The standard InChI is InChI=1S/C18H19N3O4/c1-13-12-20(10-9-19-13)18(22)16-11-14(21(23)24)7-8-17(16)25-15-5-3-2-4-6-15/h2-8,11,13,19H,9-10,12H2,1H3.